The quantitative estimate of drug-likeness (QED) is 0.779. The van der Waals surface area contributed by atoms with Gasteiger partial charge in [0.25, 0.3) is 0 Å². The van der Waals surface area contributed by atoms with Gasteiger partial charge in [0.15, 0.2) is 0 Å². The van der Waals surface area contributed by atoms with E-state index in [2.05, 4.69) is 10.6 Å². The maximum absolute atomic E-state index is 11.8. The smallest absolute Gasteiger partial charge is 0.315 e. The van der Waals surface area contributed by atoms with E-state index in [0.29, 0.717) is 32.5 Å². The van der Waals surface area contributed by atoms with Crippen LogP contribution >= 0.6 is 0 Å². The van der Waals surface area contributed by atoms with Gasteiger partial charge in [-0.2, -0.15) is 0 Å². The van der Waals surface area contributed by atoms with Gasteiger partial charge < -0.3 is 15.4 Å². The average molecular weight is 319 g/mol. The average Bonchev–Trinajstić information content (AvgIpc) is 2.46. The summed E-state index contributed by atoms with van der Waals surface area (Å²) in [5.74, 6) is 0. The first-order valence-corrected chi connectivity index (χ1v) is 9.41. The zero-order valence-electron chi connectivity index (χ0n) is 12.5. The molecular weight excluding hydrogens is 294 g/mol. The second kappa shape index (κ2) is 7.42. The second-order valence-corrected chi connectivity index (χ2v) is 7.76. The zero-order chi connectivity index (χ0) is 15.3. The van der Waals surface area contributed by atoms with E-state index in [4.69, 9.17) is 4.74 Å². The Balaban J connectivity index is 1.65. The van der Waals surface area contributed by atoms with Crippen LogP contribution in [-0.2, 0) is 14.8 Å². The van der Waals surface area contributed by atoms with Crippen LogP contribution in [0.2, 0.25) is 0 Å². The van der Waals surface area contributed by atoms with Crippen LogP contribution in [0.1, 0.15) is 32.1 Å². The molecule has 0 aliphatic carbocycles. The zero-order valence-corrected chi connectivity index (χ0v) is 13.3. The van der Waals surface area contributed by atoms with Crippen molar-refractivity contribution in [1.82, 2.24) is 14.9 Å². The molecule has 2 N–H and O–H groups in total. The fourth-order valence-corrected chi connectivity index (χ4v) is 3.62. The highest BCUT2D eigenvalue weighted by Gasteiger charge is 2.25. The summed E-state index contributed by atoms with van der Waals surface area (Å²) in [7, 11) is -3.11. The first-order chi connectivity index (χ1) is 9.95. The molecule has 1 unspecified atom stereocenters. The molecular formula is C13H25N3O4S. The predicted molar refractivity (Wildman–Crippen MR) is 79.6 cm³/mol. The molecule has 0 bridgehead atoms. The first kappa shape index (κ1) is 16.5. The molecule has 7 nitrogen and oxygen atoms in total. The second-order valence-electron chi connectivity index (χ2n) is 5.78. The minimum absolute atomic E-state index is 0.0373. The molecule has 2 fully saturated rings. The summed E-state index contributed by atoms with van der Waals surface area (Å²) in [4.78, 5) is 11.8. The number of urea groups is 1. The number of piperidine rings is 1. The molecule has 21 heavy (non-hydrogen) atoms. The molecule has 2 aliphatic rings. The highest BCUT2D eigenvalue weighted by molar-refractivity contribution is 7.88. The van der Waals surface area contributed by atoms with Crippen molar-refractivity contribution < 1.29 is 17.9 Å². The van der Waals surface area contributed by atoms with Crippen LogP contribution in [0, 0.1) is 0 Å². The number of nitrogens with zero attached hydrogens (tertiary/aromatic N) is 1. The summed E-state index contributed by atoms with van der Waals surface area (Å²) in [6, 6.07) is -0.155. The largest absolute Gasteiger partial charge is 0.376 e. The van der Waals surface area contributed by atoms with Crippen molar-refractivity contribution in [3.63, 3.8) is 0 Å². The van der Waals surface area contributed by atoms with Crippen molar-refractivity contribution in [1.29, 1.82) is 0 Å². The molecule has 122 valence electrons. The van der Waals surface area contributed by atoms with E-state index in [0.717, 1.165) is 25.9 Å². The third-order valence-corrected chi connectivity index (χ3v) is 5.33. The molecule has 2 amide bonds. The summed E-state index contributed by atoms with van der Waals surface area (Å²) < 4.78 is 29.8. The van der Waals surface area contributed by atoms with E-state index < -0.39 is 10.0 Å². The molecule has 0 aromatic rings. The summed E-state index contributed by atoms with van der Waals surface area (Å²) in [5, 5.41) is 5.74. The summed E-state index contributed by atoms with van der Waals surface area (Å²) >= 11 is 0. The SMILES string of the molecule is CS(=O)(=O)N1CCC(NC(=O)NCC2CCCCO2)CC1. The van der Waals surface area contributed by atoms with Crippen LogP contribution in [0.4, 0.5) is 4.79 Å². The molecule has 0 radical (unpaired) electrons. The molecule has 0 aromatic carbocycles. The fraction of sp³-hybridized carbons (Fsp3) is 0.923. The van der Waals surface area contributed by atoms with Gasteiger partial charge in [-0.1, -0.05) is 0 Å². The first-order valence-electron chi connectivity index (χ1n) is 7.56. The summed E-state index contributed by atoms with van der Waals surface area (Å²) in [6.45, 7) is 2.25. The van der Waals surface area contributed by atoms with Gasteiger partial charge in [-0.25, -0.2) is 17.5 Å². The lowest BCUT2D eigenvalue weighted by Crippen LogP contribution is -2.50. The minimum atomic E-state index is -3.11. The monoisotopic (exact) mass is 319 g/mol. The predicted octanol–water partition coefficient (Wildman–Crippen LogP) is 0.279. The van der Waals surface area contributed by atoms with Crippen LogP contribution in [0.25, 0.3) is 0 Å². The van der Waals surface area contributed by atoms with E-state index in [1.807, 2.05) is 0 Å². The molecule has 1 atom stereocenters. The molecule has 2 heterocycles. The third-order valence-electron chi connectivity index (χ3n) is 4.02. The van der Waals surface area contributed by atoms with Gasteiger partial charge in [-0.3, -0.25) is 0 Å². The Morgan fingerprint density at radius 3 is 2.52 bits per heavy atom. The van der Waals surface area contributed by atoms with Crippen LogP contribution in [0.5, 0.6) is 0 Å². The van der Waals surface area contributed by atoms with Crippen LogP contribution in [0.15, 0.2) is 0 Å². The van der Waals surface area contributed by atoms with E-state index in [9.17, 15) is 13.2 Å². The van der Waals surface area contributed by atoms with Gasteiger partial charge in [0.05, 0.1) is 12.4 Å². The molecule has 8 heteroatoms. The van der Waals surface area contributed by atoms with Crippen molar-refractivity contribution in [2.75, 3.05) is 32.5 Å². The van der Waals surface area contributed by atoms with Gasteiger partial charge in [0, 0.05) is 32.3 Å². The lowest BCUT2D eigenvalue weighted by atomic mass is 10.1. The normalized spacial score (nSPS) is 25.5. The number of amides is 2. The molecule has 0 aromatic heterocycles. The number of carbonyl (C=O) groups excluding carboxylic acids is 1. The summed E-state index contributed by atoms with van der Waals surface area (Å²) in [5.41, 5.74) is 0. The topological polar surface area (TPSA) is 87.7 Å². The Bertz CT molecular complexity index is 440. The number of hydrogen-bond acceptors (Lipinski definition) is 4. The lowest BCUT2D eigenvalue weighted by molar-refractivity contribution is 0.0184. The van der Waals surface area contributed by atoms with E-state index in [1.54, 1.807) is 0 Å². The number of carbonyl (C=O) groups is 1. The molecule has 0 saturated carbocycles. The van der Waals surface area contributed by atoms with Gasteiger partial charge in [0.1, 0.15) is 0 Å². The summed E-state index contributed by atoms with van der Waals surface area (Å²) in [6.07, 6.45) is 5.89. The number of rotatable bonds is 4. The van der Waals surface area contributed by atoms with Gasteiger partial charge >= 0.3 is 6.03 Å². The van der Waals surface area contributed by atoms with E-state index >= 15 is 0 Å². The van der Waals surface area contributed by atoms with Crippen molar-refractivity contribution in [2.24, 2.45) is 0 Å². The number of sulfonamides is 1. The molecule has 2 saturated heterocycles. The standard InChI is InChI=1S/C13H25N3O4S/c1-21(18,19)16-7-5-11(6-8-16)15-13(17)14-10-12-4-2-3-9-20-12/h11-12H,2-10H2,1H3,(H2,14,15,17). The van der Waals surface area contributed by atoms with Crippen molar-refractivity contribution >= 4 is 16.1 Å². The van der Waals surface area contributed by atoms with Gasteiger partial charge in [0.2, 0.25) is 10.0 Å². The molecule has 2 rings (SSSR count). The Kier molecular flexibility index (Phi) is 5.83. The maximum Gasteiger partial charge on any atom is 0.315 e. The highest BCUT2D eigenvalue weighted by atomic mass is 32.2. The van der Waals surface area contributed by atoms with Crippen molar-refractivity contribution in [3.05, 3.63) is 0 Å². The number of nitrogens with one attached hydrogen (secondary N) is 2. The number of hydrogen-bond donors (Lipinski definition) is 2. The Morgan fingerprint density at radius 2 is 1.95 bits per heavy atom. The lowest BCUT2D eigenvalue weighted by Gasteiger charge is -2.31. The Labute approximate surface area is 126 Å². The van der Waals surface area contributed by atoms with Crippen LogP contribution in [0.3, 0.4) is 0 Å². The van der Waals surface area contributed by atoms with E-state index in [-0.39, 0.29) is 18.2 Å². The van der Waals surface area contributed by atoms with E-state index in [1.165, 1.54) is 10.6 Å². The maximum atomic E-state index is 11.8. The minimum Gasteiger partial charge on any atom is -0.376 e. The Hall–Kier alpha value is -0.860. The fourth-order valence-electron chi connectivity index (χ4n) is 2.74. The Morgan fingerprint density at radius 1 is 1.24 bits per heavy atom. The van der Waals surface area contributed by atoms with Gasteiger partial charge in [-0.15, -0.1) is 0 Å². The molecule has 0 spiro atoms. The number of ether oxygens (including phenoxy) is 1. The van der Waals surface area contributed by atoms with Crippen molar-refractivity contribution in [2.45, 2.75) is 44.2 Å². The third kappa shape index (κ3) is 5.44. The molecule has 2 aliphatic heterocycles. The van der Waals surface area contributed by atoms with Crippen LogP contribution < -0.4 is 10.6 Å². The van der Waals surface area contributed by atoms with Crippen LogP contribution in [-0.4, -0.2) is 63.4 Å². The van der Waals surface area contributed by atoms with Gasteiger partial charge in [-0.05, 0) is 32.1 Å². The highest BCUT2D eigenvalue weighted by Crippen LogP contribution is 2.13. The van der Waals surface area contributed by atoms with Crippen molar-refractivity contribution in [3.8, 4) is 0 Å².